The zero-order chi connectivity index (χ0) is 26.5. The molecule has 1 aromatic carbocycles. The van der Waals surface area contributed by atoms with Crippen LogP contribution in [0.3, 0.4) is 0 Å². The first-order chi connectivity index (χ1) is 17.1. The molecule has 2 aromatic rings. The van der Waals surface area contributed by atoms with Crippen molar-refractivity contribution in [3.63, 3.8) is 0 Å². The van der Waals surface area contributed by atoms with Crippen molar-refractivity contribution >= 4 is 21.8 Å². The summed E-state index contributed by atoms with van der Waals surface area (Å²) >= 11 is 0. The lowest BCUT2D eigenvalue weighted by molar-refractivity contribution is 0.0998. The minimum atomic E-state index is -4.16. The summed E-state index contributed by atoms with van der Waals surface area (Å²) < 4.78 is 35.4. The van der Waals surface area contributed by atoms with Gasteiger partial charge in [0.05, 0.1) is 5.69 Å². The van der Waals surface area contributed by atoms with E-state index in [0.717, 1.165) is 25.7 Å². The minimum Gasteiger partial charge on any atom is -0.366 e. The Morgan fingerprint density at radius 1 is 1.25 bits per heavy atom. The third kappa shape index (κ3) is 5.05. The van der Waals surface area contributed by atoms with Gasteiger partial charge in [-0.15, -0.1) is 6.58 Å². The van der Waals surface area contributed by atoms with Gasteiger partial charge in [-0.05, 0) is 38.3 Å². The molecule has 0 saturated carbocycles. The minimum absolute atomic E-state index is 0.0849. The highest BCUT2D eigenvalue weighted by molar-refractivity contribution is 7.94. The molecule has 7 nitrogen and oxygen atoms in total. The van der Waals surface area contributed by atoms with Crippen LogP contribution < -0.4 is 10.5 Å². The second-order valence-corrected chi connectivity index (χ2v) is 11.4. The van der Waals surface area contributed by atoms with Crippen LogP contribution in [0, 0.1) is 26.7 Å². The van der Waals surface area contributed by atoms with E-state index in [2.05, 4.69) is 23.4 Å². The van der Waals surface area contributed by atoms with E-state index < -0.39 is 32.5 Å². The zero-order valence-corrected chi connectivity index (χ0v) is 22.4. The van der Waals surface area contributed by atoms with Crippen molar-refractivity contribution in [2.75, 3.05) is 4.72 Å². The van der Waals surface area contributed by atoms with Crippen LogP contribution in [0.4, 0.5) is 5.88 Å². The van der Waals surface area contributed by atoms with Crippen LogP contribution in [-0.4, -0.2) is 24.2 Å². The van der Waals surface area contributed by atoms with Gasteiger partial charge >= 0.3 is 0 Å². The lowest BCUT2D eigenvalue weighted by atomic mass is 9.71. The number of hydrogen-bond donors (Lipinski definition) is 2. The number of allylic oxidation sites excluding steroid dienone is 4. The first kappa shape index (κ1) is 27.5. The number of carbonyl (C=O) groups excluding carboxylic acids is 1. The Hall–Kier alpha value is -3.13. The monoisotopic (exact) mass is 511 g/mol. The Morgan fingerprint density at radius 2 is 2.00 bits per heavy atom. The van der Waals surface area contributed by atoms with Crippen molar-refractivity contribution in [2.45, 2.75) is 70.5 Å². The van der Waals surface area contributed by atoms with Gasteiger partial charge in [0.15, 0.2) is 0 Å². The molecular weight excluding hydrogens is 474 g/mol. The topological polar surface area (TPSA) is 115 Å². The Bertz CT molecular complexity index is 1280. The van der Waals surface area contributed by atoms with Crippen LogP contribution in [0.5, 0.6) is 0 Å². The molecule has 36 heavy (non-hydrogen) atoms. The smallest absolute Gasteiger partial charge is 0.249 e. The van der Waals surface area contributed by atoms with Crippen LogP contribution in [-0.2, 0) is 10.0 Å². The molecular formula is C28H37N3O4S. The van der Waals surface area contributed by atoms with Crippen LogP contribution in [0.15, 0.2) is 59.7 Å². The Morgan fingerprint density at radius 3 is 2.61 bits per heavy atom. The summed E-state index contributed by atoms with van der Waals surface area (Å²) in [6.45, 7) is 11.5. The predicted octanol–water partition coefficient (Wildman–Crippen LogP) is 5.86. The molecule has 194 valence electrons. The van der Waals surface area contributed by atoms with E-state index in [0.29, 0.717) is 34.4 Å². The number of aromatic nitrogens is 1. The fraction of sp³-hybridized carbons (Fsp3) is 0.429. The number of nitrogens with zero attached hydrogens (tertiary/aromatic N) is 1. The van der Waals surface area contributed by atoms with Crippen molar-refractivity contribution in [3.05, 3.63) is 83.1 Å². The van der Waals surface area contributed by atoms with Gasteiger partial charge in [0.25, 0.3) is 0 Å². The zero-order valence-electron chi connectivity index (χ0n) is 21.6. The maximum Gasteiger partial charge on any atom is 0.249 e. The molecule has 0 aliphatic heterocycles. The summed E-state index contributed by atoms with van der Waals surface area (Å²) in [6.07, 6.45) is 13.4. The number of amides is 1. The van der Waals surface area contributed by atoms with Gasteiger partial charge in [-0.25, -0.2) is 13.1 Å². The summed E-state index contributed by atoms with van der Waals surface area (Å²) in [5, 5.41) is 3.91. The molecule has 3 unspecified atom stereocenters. The van der Waals surface area contributed by atoms with Crippen molar-refractivity contribution in [1.82, 2.24) is 5.16 Å². The van der Waals surface area contributed by atoms with Crippen molar-refractivity contribution in [1.29, 1.82) is 0 Å². The Labute approximate surface area is 214 Å². The van der Waals surface area contributed by atoms with E-state index in [1.54, 1.807) is 51.1 Å². The summed E-state index contributed by atoms with van der Waals surface area (Å²) in [7, 11) is -4.16. The van der Waals surface area contributed by atoms with Gasteiger partial charge < -0.3 is 10.3 Å². The highest BCUT2D eigenvalue weighted by atomic mass is 32.2. The van der Waals surface area contributed by atoms with Crippen molar-refractivity contribution < 1.29 is 17.7 Å². The van der Waals surface area contributed by atoms with Crippen LogP contribution >= 0.6 is 0 Å². The number of anilines is 1. The average Bonchev–Trinajstić information content (AvgIpc) is 3.15. The molecule has 0 bridgehead atoms. The molecule has 0 saturated heterocycles. The van der Waals surface area contributed by atoms with E-state index in [1.807, 2.05) is 18.2 Å². The molecule has 1 aromatic heterocycles. The standard InChI is InChI=1S/C28H37N3O4S/c1-6-8-9-10-15-22(7-2)28(36(33,34)31-27-20(4)21(5)30-35-27)18-12-11-17-24(28)23-16-13-14-19(3)25(23)26(29)32/h7,11-14,16-18,22,24,31H,2,6,8-10,15H2,1,3-5H3,(H2,29,32). The molecule has 1 heterocycles. The van der Waals surface area contributed by atoms with Gasteiger partial charge in [-0.2, -0.15) is 0 Å². The summed E-state index contributed by atoms with van der Waals surface area (Å²) in [5.41, 5.74) is 8.62. The number of rotatable bonds is 12. The van der Waals surface area contributed by atoms with Gasteiger partial charge in [-0.3, -0.25) is 4.79 Å². The summed E-state index contributed by atoms with van der Waals surface area (Å²) in [5.74, 6) is -1.66. The molecule has 0 fully saturated rings. The molecule has 1 amide bonds. The Kier molecular flexibility index (Phi) is 8.61. The molecule has 0 spiro atoms. The number of hydrogen-bond acceptors (Lipinski definition) is 5. The first-order valence-electron chi connectivity index (χ1n) is 12.4. The molecule has 3 rings (SSSR count). The number of nitrogens with two attached hydrogens (primary N) is 1. The van der Waals surface area contributed by atoms with E-state index >= 15 is 0 Å². The summed E-state index contributed by atoms with van der Waals surface area (Å²) in [4.78, 5) is 12.5. The number of primary amides is 1. The summed E-state index contributed by atoms with van der Waals surface area (Å²) in [6, 6.07) is 5.41. The highest BCUT2D eigenvalue weighted by Gasteiger charge is 2.54. The lowest BCUT2D eigenvalue weighted by Crippen LogP contribution is -2.52. The SMILES string of the molecule is C=CC(CCCCCC)C1(S(=O)(=O)Nc2onc(C)c2C)C=CC=CC1c1cccc(C)c1C(N)=O. The van der Waals surface area contributed by atoms with Gasteiger partial charge in [0.1, 0.15) is 4.75 Å². The average molecular weight is 512 g/mol. The number of aryl methyl sites for hydroxylation is 2. The third-order valence-corrected chi connectivity index (χ3v) is 9.30. The maximum absolute atomic E-state index is 14.4. The number of benzene rings is 1. The molecule has 0 radical (unpaired) electrons. The lowest BCUT2D eigenvalue weighted by Gasteiger charge is -2.43. The second kappa shape index (κ2) is 11.3. The van der Waals surface area contributed by atoms with Crippen molar-refractivity contribution in [3.8, 4) is 0 Å². The van der Waals surface area contributed by atoms with Crippen LogP contribution in [0.25, 0.3) is 0 Å². The largest absolute Gasteiger partial charge is 0.366 e. The third-order valence-electron chi connectivity index (χ3n) is 7.23. The van der Waals surface area contributed by atoms with Crippen molar-refractivity contribution in [2.24, 2.45) is 11.7 Å². The normalized spacial score (nSPS) is 20.3. The van der Waals surface area contributed by atoms with Gasteiger partial charge in [0.2, 0.25) is 21.8 Å². The van der Waals surface area contributed by atoms with Crippen LogP contribution in [0.1, 0.15) is 77.7 Å². The second-order valence-electron chi connectivity index (χ2n) is 9.50. The quantitative estimate of drug-likeness (QED) is 0.273. The van der Waals surface area contributed by atoms with Crippen LogP contribution in [0.2, 0.25) is 0 Å². The molecule has 3 atom stereocenters. The Balaban J connectivity index is 2.24. The van der Waals surface area contributed by atoms with E-state index in [4.69, 9.17) is 10.3 Å². The number of unbranched alkanes of at least 4 members (excludes halogenated alkanes) is 3. The maximum atomic E-state index is 14.4. The van der Waals surface area contributed by atoms with E-state index in [-0.39, 0.29) is 5.88 Å². The predicted molar refractivity (Wildman–Crippen MR) is 144 cm³/mol. The van der Waals surface area contributed by atoms with E-state index in [1.165, 1.54) is 0 Å². The number of carbonyl (C=O) groups is 1. The molecule has 1 aliphatic carbocycles. The first-order valence-corrected chi connectivity index (χ1v) is 13.9. The number of nitrogens with one attached hydrogen (secondary N) is 1. The fourth-order valence-electron chi connectivity index (χ4n) is 5.12. The van der Waals surface area contributed by atoms with Gasteiger partial charge in [0, 0.05) is 23.0 Å². The fourth-order valence-corrected chi connectivity index (χ4v) is 7.14. The highest BCUT2D eigenvalue weighted by Crippen LogP contribution is 2.49. The van der Waals surface area contributed by atoms with E-state index in [9.17, 15) is 13.2 Å². The molecule has 1 aliphatic rings. The molecule has 8 heteroatoms. The number of sulfonamides is 1. The van der Waals surface area contributed by atoms with Gasteiger partial charge in [-0.1, -0.05) is 86.3 Å². The molecule has 3 N–H and O–H groups in total.